The Hall–Kier alpha value is -3.10. The maximum absolute atomic E-state index is 14.1. The highest BCUT2D eigenvalue weighted by atomic mass is 19.4. The summed E-state index contributed by atoms with van der Waals surface area (Å²) in [4.78, 5) is 24.0. The second-order valence-electron chi connectivity index (χ2n) is 6.63. The predicted molar refractivity (Wildman–Crippen MR) is 103 cm³/mol. The maximum atomic E-state index is 14.1. The Kier molecular flexibility index (Phi) is 6.84. The van der Waals surface area contributed by atoms with Crippen molar-refractivity contribution in [2.45, 2.75) is 26.9 Å². The molecule has 156 valence electrons. The van der Waals surface area contributed by atoms with Gasteiger partial charge in [0.1, 0.15) is 12.4 Å². The van der Waals surface area contributed by atoms with Crippen LogP contribution in [-0.2, 0) is 4.79 Å². The smallest absolute Gasteiger partial charge is 0.376 e. The van der Waals surface area contributed by atoms with Crippen molar-refractivity contribution in [2.75, 3.05) is 23.7 Å². The minimum Gasteiger partial charge on any atom is -0.376 e. The average molecular weight is 411 g/mol. The lowest BCUT2D eigenvalue weighted by molar-refractivity contribution is -0.123. The second kappa shape index (κ2) is 8.93. The van der Waals surface area contributed by atoms with Crippen molar-refractivity contribution in [3.05, 3.63) is 58.4 Å². The molecule has 0 unspecified atom stereocenters. The third-order valence-electron chi connectivity index (χ3n) is 4.29. The Bertz CT molecular complexity index is 927. The van der Waals surface area contributed by atoms with E-state index in [4.69, 9.17) is 0 Å². The number of alkyl halides is 3. The van der Waals surface area contributed by atoms with Crippen molar-refractivity contribution < 1.29 is 27.2 Å². The number of anilines is 2. The molecule has 2 rings (SSSR count). The maximum Gasteiger partial charge on any atom is 0.405 e. The van der Waals surface area contributed by atoms with Crippen LogP contribution in [0.2, 0.25) is 0 Å². The molecule has 5 nitrogen and oxygen atoms in total. The molecule has 0 bridgehead atoms. The lowest BCUT2D eigenvalue weighted by Gasteiger charge is -2.14. The van der Waals surface area contributed by atoms with Crippen LogP contribution in [0.3, 0.4) is 0 Å². The Morgan fingerprint density at radius 3 is 2.31 bits per heavy atom. The van der Waals surface area contributed by atoms with Gasteiger partial charge in [-0.3, -0.25) is 9.59 Å². The molecule has 0 atom stereocenters. The summed E-state index contributed by atoms with van der Waals surface area (Å²) < 4.78 is 50.8. The quantitative estimate of drug-likeness (QED) is 0.627. The van der Waals surface area contributed by atoms with Gasteiger partial charge >= 0.3 is 6.18 Å². The molecule has 0 saturated carbocycles. The SMILES string of the molecule is Cc1ccc(NC(=O)CNc2cc(C(=O)NCC(F)(F)F)cc(F)c2C)cc1C. The summed E-state index contributed by atoms with van der Waals surface area (Å²) >= 11 is 0. The first-order valence-corrected chi connectivity index (χ1v) is 8.72. The van der Waals surface area contributed by atoms with Gasteiger partial charge in [0.05, 0.1) is 6.54 Å². The molecule has 0 aliphatic carbocycles. The molecule has 0 heterocycles. The first kappa shape index (κ1) is 22.2. The molecular formula is C20H21F4N3O2. The summed E-state index contributed by atoms with van der Waals surface area (Å²) in [5.41, 5.74) is 2.67. The number of rotatable bonds is 6. The fourth-order valence-corrected chi connectivity index (χ4v) is 2.48. The van der Waals surface area contributed by atoms with E-state index in [0.29, 0.717) is 5.69 Å². The molecule has 0 saturated heterocycles. The summed E-state index contributed by atoms with van der Waals surface area (Å²) in [7, 11) is 0. The molecular weight excluding hydrogens is 390 g/mol. The standard InChI is InChI=1S/C20H21F4N3O2/c1-11-4-5-15(6-12(11)2)27-18(28)9-25-17-8-14(7-16(21)13(17)3)19(29)26-10-20(22,23)24/h4-8,25H,9-10H2,1-3H3,(H,26,29)(H,27,28). The Labute approximate surface area is 165 Å². The number of hydrogen-bond donors (Lipinski definition) is 3. The summed E-state index contributed by atoms with van der Waals surface area (Å²) in [5.74, 6) is -2.24. The van der Waals surface area contributed by atoms with E-state index in [1.165, 1.54) is 13.0 Å². The van der Waals surface area contributed by atoms with Crippen LogP contribution in [0, 0.1) is 26.6 Å². The van der Waals surface area contributed by atoms with Gasteiger partial charge in [-0.05, 0) is 56.2 Å². The van der Waals surface area contributed by atoms with Gasteiger partial charge in [-0.25, -0.2) is 4.39 Å². The molecule has 2 amide bonds. The van der Waals surface area contributed by atoms with Crippen molar-refractivity contribution in [3.63, 3.8) is 0 Å². The van der Waals surface area contributed by atoms with Crippen LogP contribution in [-0.4, -0.2) is 31.1 Å². The summed E-state index contributed by atoms with van der Waals surface area (Å²) in [6.07, 6.45) is -4.58. The number of halogens is 4. The summed E-state index contributed by atoms with van der Waals surface area (Å²) in [5, 5.41) is 7.08. The normalized spacial score (nSPS) is 11.1. The van der Waals surface area contributed by atoms with Crippen LogP contribution < -0.4 is 16.0 Å². The van der Waals surface area contributed by atoms with Gasteiger partial charge in [0.2, 0.25) is 5.91 Å². The van der Waals surface area contributed by atoms with Crippen molar-refractivity contribution in [1.82, 2.24) is 5.32 Å². The zero-order valence-corrected chi connectivity index (χ0v) is 16.1. The number of amides is 2. The van der Waals surface area contributed by atoms with Crippen molar-refractivity contribution in [3.8, 4) is 0 Å². The minimum absolute atomic E-state index is 0.136. The highest BCUT2D eigenvalue weighted by Gasteiger charge is 2.28. The average Bonchev–Trinajstić information content (AvgIpc) is 2.63. The van der Waals surface area contributed by atoms with Crippen LogP contribution in [0.25, 0.3) is 0 Å². The van der Waals surface area contributed by atoms with Gasteiger partial charge in [0.15, 0.2) is 0 Å². The summed E-state index contributed by atoms with van der Waals surface area (Å²) in [6, 6.07) is 7.47. The Morgan fingerprint density at radius 2 is 1.69 bits per heavy atom. The van der Waals surface area contributed by atoms with Gasteiger partial charge in [-0.2, -0.15) is 13.2 Å². The third-order valence-corrected chi connectivity index (χ3v) is 4.29. The van der Waals surface area contributed by atoms with E-state index in [0.717, 1.165) is 17.2 Å². The lowest BCUT2D eigenvalue weighted by Crippen LogP contribution is -2.33. The van der Waals surface area contributed by atoms with Crippen LogP contribution in [0.1, 0.15) is 27.0 Å². The van der Waals surface area contributed by atoms with Crippen LogP contribution in [0.5, 0.6) is 0 Å². The van der Waals surface area contributed by atoms with Crippen LogP contribution >= 0.6 is 0 Å². The van der Waals surface area contributed by atoms with E-state index in [1.54, 1.807) is 11.4 Å². The van der Waals surface area contributed by atoms with Crippen molar-refractivity contribution in [2.24, 2.45) is 0 Å². The summed E-state index contributed by atoms with van der Waals surface area (Å²) in [6.45, 7) is 3.53. The Morgan fingerprint density at radius 1 is 1.00 bits per heavy atom. The molecule has 0 aromatic heterocycles. The topological polar surface area (TPSA) is 70.2 Å². The number of aryl methyl sites for hydroxylation is 2. The molecule has 0 aliphatic rings. The van der Waals surface area contributed by atoms with E-state index in [9.17, 15) is 27.2 Å². The largest absolute Gasteiger partial charge is 0.405 e. The lowest BCUT2D eigenvalue weighted by atomic mass is 10.1. The first-order valence-electron chi connectivity index (χ1n) is 8.72. The van der Waals surface area contributed by atoms with E-state index in [-0.39, 0.29) is 23.4 Å². The number of hydrogen-bond acceptors (Lipinski definition) is 3. The molecule has 0 fully saturated rings. The second-order valence-corrected chi connectivity index (χ2v) is 6.63. The first-order chi connectivity index (χ1) is 13.5. The molecule has 2 aromatic carbocycles. The minimum atomic E-state index is -4.58. The molecule has 2 aromatic rings. The van der Waals surface area contributed by atoms with Gasteiger partial charge < -0.3 is 16.0 Å². The van der Waals surface area contributed by atoms with Crippen LogP contribution in [0.15, 0.2) is 30.3 Å². The fraction of sp³-hybridized carbons (Fsp3) is 0.300. The number of carbonyl (C=O) groups excluding carboxylic acids is 2. The van der Waals surface area contributed by atoms with Gasteiger partial charge in [-0.15, -0.1) is 0 Å². The van der Waals surface area contributed by atoms with Crippen molar-refractivity contribution >= 4 is 23.2 Å². The third kappa shape index (κ3) is 6.48. The van der Waals surface area contributed by atoms with E-state index < -0.39 is 30.4 Å². The molecule has 0 radical (unpaired) electrons. The van der Waals surface area contributed by atoms with Crippen molar-refractivity contribution in [1.29, 1.82) is 0 Å². The van der Waals surface area contributed by atoms with Gasteiger partial charge in [-0.1, -0.05) is 6.07 Å². The van der Waals surface area contributed by atoms with E-state index in [1.807, 2.05) is 26.0 Å². The zero-order chi connectivity index (χ0) is 21.8. The number of carbonyl (C=O) groups is 2. The molecule has 9 heteroatoms. The zero-order valence-electron chi connectivity index (χ0n) is 16.1. The predicted octanol–water partition coefficient (Wildman–Crippen LogP) is 4.09. The van der Waals surface area contributed by atoms with Crippen LogP contribution in [0.4, 0.5) is 28.9 Å². The highest BCUT2D eigenvalue weighted by Crippen LogP contribution is 2.21. The monoisotopic (exact) mass is 411 g/mol. The molecule has 0 aliphatic heterocycles. The molecule has 0 spiro atoms. The fourth-order valence-electron chi connectivity index (χ4n) is 2.48. The Balaban J connectivity index is 2.05. The molecule has 29 heavy (non-hydrogen) atoms. The highest BCUT2D eigenvalue weighted by molar-refractivity contribution is 5.96. The van der Waals surface area contributed by atoms with Gasteiger partial charge in [0.25, 0.3) is 5.91 Å². The van der Waals surface area contributed by atoms with E-state index >= 15 is 0 Å². The number of benzene rings is 2. The van der Waals surface area contributed by atoms with Gasteiger partial charge in [0, 0.05) is 22.5 Å². The number of nitrogens with one attached hydrogen (secondary N) is 3. The van der Waals surface area contributed by atoms with E-state index in [2.05, 4.69) is 10.6 Å². The molecule has 3 N–H and O–H groups in total.